The molecule has 0 radical (unpaired) electrons. The van der Waals surface area contributed by atoms with Crippen LogP contribution in [0, 0.1) is 0 Å². The summed E-state index contributed by atoms with van der Waals surface area (Å²) in [4.78, 5) is 0. The zero-order chi connectivity index (χ0) is 3.41. The molecule has 26 valence electrons. The van der Waals surface area contributed by atoms with E-state index in [0.29, 0.717) is 12.4 Å². The summed E-state index contributed by atoms with van der Waals surface area (Å²) in [6.45, 7) is 0.585. The van der Waals surface area contributed by atoms with E-state index in [-0.39, 0.29) is 0 Å². The van der Waals surface area contributed by atoms with Crippen molar-refractivity contribution in [1.29, 1.82) is 0 Å². The molecule has 0 aromatic heterocycles. The van der Waals surface area contributed by atoms with Crippen LogP contribution in [0.5, 0.6) is 0 Å². The molecule has 0 aliphatic carbocycles. The second-order valence-electron chi connectivity index (χ2n) is 0.478. The first-order valence-electron chi connectivity index (χ1n) is 1.18. The second-order valence-corrected chi connectivity index (χ2v) is 0.856. The summed E-state index contributed by atoms with van der Waals surface area (Å²) >= 11 is 5.06. The fraction of sp³-hybridized carbons (Fsp3) is 1.00. The van der Waals surface area contributed by atoms with Crippen LogP contribution in [0.2, 0.25) is 0 Å². The van der Waals surface area contributed by atoms with E-state index in [4.69, 9.17) is 17.3 Å². The number of hydrogen-bond acceptors (Lipinski definition) is 1. The van der Waals surface area contributed by atoms with Gasteiger partial charge in [0.25, 0.3) is 0 Å². The Morgan fingerprint density at radius 2 is 2.00 bits per heavy atom. The maximum Gasteiger partial charge on any atom is 0.0346 e. The van der Waals surface area contributed by atoms with Crippen LogP contribution in [0.15, 0.2) is 0 Å². The maximum atomic E-state index is 5.06. The van der Waals surface area contributed by atoms with Gasteiger partial charge in [0.05, 0.1) is 0 Å². The van der Waals surface area contributed by atoms with E-state index in [9.17, 15) is 0 Å². The second kappa shape index (κ2) is 3.25. The molecule has 0 fully saturated rings. The largest absolute Gasteiger partial charge is 0.329 e. The Labute approximate surface area is 30.7 Å². The molecule has 0 rings (SSSR count). The summed E-state index contributed by atoms with van der Waals surface area (Å²) in [6.07, 6.45) is 0. The lowest BCUT2D eigenvalue weighted by Crippen LogP contribution is -1.97. The van der Waals surface area contributed by atoms with Crippen molar-refractivity contribution in [3.8, 4) is 0 Å². The minimum atomic E-state index is 0.569. The molecular formula is C2H6ClN. The van der Waals surface area contributed by atoms with Crippen molar-refractivity contribution in [3.05, 3.63) is 0 Å². The van der Waals surface area contributed by atoms with Gasteiger partial charge >= 0.3 is 0 Å². The molecule has 4 heavy (non-hydrogen) atoms. The first kappa shape index (κ1) is 4.25. The van der Waals surface area contributed by atoms with E-state index in [1.54, 1.807) is 0 Å². The predicted octanol–water partition coefficient (Wildman–Crippen LogP) is 0.184. The van der Waals surface area contributed by atoms with Crippen LogP contribution in [-0.2, 0) is 0 Å². The summed E-state index contributed by atoms with van der Waals surface area (Å²) in [7, 11) is 0. The molecule has 1 nitrogen and oxygen atoms in total. The number of alkyl halides is 1. The molecule has 0 saturated heterocycles. The molecule has 0 spiro atoms. The summed E-state index contributed by atoms with van der Waals surface area (Å²) in [5, 5.41) is 0. The van der Waals surface area contributed by atoms with Crippen molar-refractivity contribution in [2.75, 3.05) is 12.4 Å². The highest BCUT2D eigenvalue weighted by molar-refractivity contribution is 6.18. The molecule has 0 unspecified atom stereocenters. The molecule has 0 heterocycles. The van der Waals surface area contributed by atoms with Crippen LogP contribution in [0.25, 0.3) is 0 Å². The van der Waals surface area contributed by atoms with E-state index >= 15 is 0 Å². The Balaban J connectivity index is 1.97. The Morgan fingerprint density at radius 3 is 2.00 bits per heavy atom. The molecule has 0 aromatic carbocycles. The lowest BCUT2D eigenvalue weighted by molar-refractivity contribution is 1.14. The van der Waals surface area contributed by atoms with Gasteiger partial charge in [0, 0.05) is 12.4 Å². The summed E-state index contributed by atoms with van der Waals surface area (Å²) in [6, 6.07) is 0. The third-order valence-electron chi connectivity index (χ3n) is 0.109. The van der Waals surface area contributed by atoms with Crippen molar-refractivity contribution < 1.29 is 0 Å². The predicted molar refractivity (Wildman–Crippen MR) is 19.8 cm³/mol. The molecule has 0 atom stereocenters. The summed E-state index contributed by atoms with van der Waals surface area (Å²) < 4.78 is 0. The fourth-order valence-electron chi connectivity index (χ4n) is 0. The van der Waals surface area contributed by atoms with Gasteiger partial charge in [0.15, 0.2) is 0 Å². The Hall–Kier alpha value is 0.250. The molecule has 0 aliphatic rings. The molecule has 2 heteroatoms. The molecule has 0 saturated carbocycles. The lowest BCUT2D eigenvalue weighted by atomic mass is 10.9. The molecule has 0 aromatic rings. The standard InChI is InChI=1S/C2H6ClN/c3-1-2-4/h1-2,4H2/i4+1. The van der Waals surface area contributed by atoms with Crippen LogP contribution in [0.1, 0.15) is 0 Å². The van der Waals surface area contributed by atoms with Crippen LogP contribution < -0.4 is 5.73 Å². The van der Waals surface area contributed by atoms with Gasteiger partial charge in [-0.2, -0.15) is 0 Å². The smallest absolute Gasteiger partial charge is 0.0346 e. The minimum Gasteiger partial charge on any atom is -0.329 e. The van der Waals surface area contributed by atoms with Crippen LogP contribution in [-0.4, -0.2) is 12.4 Å². The molecule has 0 aliphatic heterocycles. The average Bonchev–Trinajstić information content (AvgIpc) is 1.37. The molecule has 0 bridgehead atoms. The SMILES string of the molecule is [15NH2]CCCl. The minimum absolute atomic E-state index is 0.569. The van der Waals surface area contributed by atoms with Gasteiger partial charge in [-0.05, 0) is 0 Å². The summed E-state index contributed by atoms with van der Waals surface area (Å²) in [5.74, 6) is 0.569. The maximum absolute atomic E-state index is 5.06. The van der Waals surface area contributed by atoms with Gasteiger partial charge in [-0.1, -0.05) is 0 Å². The Kier molecular flexibility index (Phi) is 3.45. The van der Waals surface area contributed by atoms with Crippen LogP contribution in [0.4, 0.5) is 0 Å². The van der Waals surface area contributed by atoms with Gasteiger partial charge in [-0.15, -0.1) is 11.6 Å². The fourth-order valence-corrected chi connectivity index (χ4v) is 0. The molecule has 0 amide bonds. The van der Waals surface area contributed by atoms with E-state index in [1.165, 1.54) is 0 Å². The number of halogens is 1. The van der Waals surface area contributed by atoms with Crippen molar-refractivity contribution in [2.45, 2.75) is 0 Å². The van der Waals surface area contributed by atoms with Crippen LogP contribution in [0.3, 0.4) is 0 Å². The number of nitrogens with two attached hydrogens (primary N) is 1. The van der Waals surface area contributed by atoms with E-state index < -0.39 is 0 Å². The monoisotopic (exact) mass is 80.0 g/mol. The highest BCUT2D eigenvalue weighted by atomic mass is 35.5. The topological polar surface area (TPSA) is 26.0 Å². The van der Waals surface area contributed by atoms with Gasteiger partial charge in [-0.25, -0.2) is 0 Å². The molecule has 2 N–H and O–H groups in total. The highest BCUT2D eigenvalue weighted by Gasteiger charge is 1.58. The van der Waals surface area contributed by atoms with Gasteiger partial charge in [0.2, 0.25) is 0 Å². The van der Waals surface area contributed by atoms with Gasteiger partial charge < -0.3 is 5.73 Å². The normalized spacial score (nSPS) is 7.50. The number of hydrogen-bond donors (Lipinski definition) is 1. The van der Waals surface area contributed by atoms with E-state index in [1.807, 2.05) is 0 Å². The van der Waals surface area contributed by atoms with Crippen molar-refractivity contribution in [2.24, 2.45) is 5.73 Å². The van der Waals surface area contributed by atoms with Gasteiger partial charge in [0.1, 0.15) is 0 Å². The van der Waals surface area contributed by atoms with Crippen LogP contribution >= 0.6 is 11.6 Å². The van der Waals surface area contributed by atoms with Crippen molar-refractivity contribution >= 4 is 11.6 Å². The third-order valence-corrected chi connectivity index (χ3v) is 0.327. The number of rotatable bonds is 1. The lowest BCUT2D eigenvalue weighted by Gasteiger charge is -1.68. The quantitative estimate of drug-likeness (QED) is 0.353. The highest BCUT2D eigenvalue weighted by Crippen LogP contribution is 1.60. The third kappa shape index (κ3) is 2.25. The Morgan fingerprint density at radius 1 is 1.75 bits per heavy atom. The Bertz CT molecular complexity index is 8.00. The zero-order valence-electron chi connectivity index (χ0n) is 2.37. The van der Waals surface area contributed by atoms with E-state index in [2.05, 4.69) is 0 Å². The summed E-state index contributed by atoms with van der Waals surface area (Å²) in [5.41, 5.74) is 4.90. The first-order chi connectivity index (χ1) is 1.91. The zero-order valence-corrected chi connectivity index (χ0v) is 3.13. The molecular weight excluding hydrogens is 74.5 g/mol. The average molecular weight is 80.5 g/mol. The van der Waals surface area contributed by atoms with Crippen molar-refractivity contribution in [3.63, 3.8) is 0 Å². The van der Waals surface area contributed by atoms with E-state index in [0.717, 1.165) is 0 Å². The van der Waals surface area contributed by atoms with Crippen molar-refractivity contribution in [1.82, 2.24) is 0 Å². The van der Waals surface area contributed by atoms with Gasteiger partial charge in [-0.3, -0.25) is 0 Å². The first-order valence-corrected chi connectivity index (χ1v) is 1.71.